The summed E-state index contributed by atoms with van der Waals surface area (Å²) >= 11 is 0. The summed E-state index contributed by atoms with van der Waals surface area (Å²) in [6.45, 7) is -0.163. The molecular formula is C19H18N2O3. The molecule has 0 saturated carbocycles. The van der Waals surface area contributed by atoms with Crippen LogP contribution in [0.2, 0.25) is 0 Å². The molecular weight excluding hydrogens is 304 g/mol. The van der Waals surface area contributed by atoms with Crippen molar-refractivity contribution in [1.82, 2.24) is 10.3 Å². The number of benzene rings is 2. The number of hydrogen-bond donors (Lipinski definition) is 2. The Kier molecular flexibility index (Phi) is 5.03. The van der Waals surface area contributed by atoms with Gasteiger partial charge in [-0.3, -0.25) is 4.79 Å². The molecule has 5 heteroatoms. The van der Waals surface area contributed by atoms with Gasteiger partial charge < -0.3 is 14.8 Å². The summed E-state index contributed by atoms with van der Waals surface area (Å²) in [5, 5.41) is 12.3. The van der Waals surface area contributed by atoms with Gasteiger partial charge in [0.25, 0.3) is 0 Å². The number of hydrogen-bond acceptors (Lipinski definition) is 4. The van der Waals surface area contributed by atoms with Crippen LogP contribution in [0.3, 0.4) is 0 Å². The predicted octanol–water partition coefficient (Wildman–Crippen LogP) is 2.73. The fourth-order valence-electron chi connectivity index (χ4n) is 2.43. The smallest absolute Gasteiger partial charge is 0.226 e. The summed E-state index contributed by atoms with van der Waals surface area (Å²) in [4.78, 5) is 16.5. The molecule has 3 rings (SSSR count). The van der Waals surface area contributed by atoms with Crippen LogP contribution >= 0.6 is 0 Å². The zero-order valence-electron chi connectivity index (χ0n) is 13.1. The summed E-state index contributed by atoms with van der Waals surface area (Å²) in [6.07, 6.45) is 1.58. The number of aromatic nitrogens is 1. The normalized spacial score (nSPS) is 11.9. The highest BCUT2D eigenvalue weighted by atomic mass is 16.3. The molecule has 0 spiro atoms. The molecule has 5 nitrogen and oxygen atoms in total. The molecule has 122 valence electrons. The number of aliphatic hydroxyl groups is 1. The van der Waals surface area contributed by atoms with Gasteiger partial charge in [0.05, 0.1) is 24.8 Å². The van der Waals surface area contributed by atoms with E-state index in [9.17, 15) is 9.90 Å². The minimum atomic E-state index is -0.431. The molecule has 0 aliphatic heterocycles. The number of nitrogens with one attached hydrogen (secondary N) is 1. The SMILES string of the molecule is O=C(Cc1coc(-c2ccccc2)n1)NC(CO)c1ccccc1. The predicted molar refractivity (Wildman–Crippen MR) is 90.1 cm³/mol. The topological polar surface area (TPSA) is 75.4 Å². The third-order valence-electron chi connectivity index (χ3n) is 3.63. The van der Waals surface area contributed by atoms with E-state index in [4.69, 9.17) is 4.42 Å². The molecule has 3 aromatic rings. The summed E-state index contributed by atoms with van der Waals surface area (Å²) in [5.74, 6) is 0.269. The Balaban J connectivity index is 1.64. The van der Waals surface area contributed by atoms with Crippen LogP contribution in [0, 0.1) is 0 Å². The Morgan fingerprint density at radius 1 is 1.08 bits per heavy atom. The molecule has 0 aliphatic rings. The highest BCUT2D eigenvalue weighted by Crippen LogP contribution is 2.18. The van der Waals surface area contributed by atoms with E-state index in [0.717, 1.165) is 11.1 Å². The lowest BCUT2D eigenvalue weighted by Crippen LogP contribution is -2.32. The summed E-state index contributed by atoms with van der Waals surface area (Å²) < 4.78 is 5.43. The summed E-state index contributed by atoms with van der Waals surface area (Å²) in [5.41, 5.74) is 2.27. The van der Waals surface area contributed by atoms with Crippen LogP contribution in [0.25, 0.3) is 11.5 Å². The standard InChI is InChI=1S/C19H18N2O3/c22-12-17(14-7-3-1-4-8-14)21-18(23)11-16-13-24-19(20-16)15-9-5-2-6-10-15/h1-10,13,17,22H,11-12H2,(H,21,23). The quantitative estimate of drug-likeness (QED) is 0.732. The van der Waals surface area contributed by atoms with E-state index in [1.54, 1.807) is 0 Å². The largest absolute Gasteiger partial charge is 0.444 e. The Hall–Kier alpha value is -2.92. The zero-order valence-corrected chi connectivity index (χ0v) is 13.1. The third-order valence-corrected chi connectivity index (χ3v) is 3.63. The fraction of sp³-hybridized carbons (Fsp3) is 0.158. The number of carbonyl (C=O) groups is 1. The van der Waals surface area contributed by atoms with Crippen molar-refractivity contribution in [2.75, 3.05) is 6.61 Å². The van der Waals surface area contributed by atoms with E-state index in [2.05, 4.69) is 10.3 Å². The van der Waals surface area contributed by atoms with Crippen LogP contribution in [-0.4, -0.2) is 22.6 Å². The van der Waals surface area contributed by atoms with Crippen molar-refractivity contribution in [2.24, 2.45) is 0 Å². The minimum absolute atomic E-state index is 0.0969. The molecule has 0 bridgehead atoms. The van der Waals surface area contributed by atoms with Gasteiger partial charge in [0.1, 0.15) is 6.26 Å². The van der Waals surface area contributed by atoms with Gasteiger partial charge in [0.15, 0.2) is 0 Å². The van der Waals surface area contributed by atoms with Crippen LogP contribution in [0.5, 0.6) is 0 Å². The molecule has 1 amide bonds. The van der Waals surface area contributed by atoms with Gasteiger partial charge in [0, 0.05) is 5.56 Å². The van der Waals surface area contributed by atoms with Crippen molar-refractivity contribution in [3.8, 4) is 11.5 Å². The van der Waals surface area contributed by atoms with Crippen LogP contribution in [0.4, 0.5) is 0 Å². The Morgan fingerprint density at radius 3 is 2.42 bits per heavy atom. The second kappa shape index (κ2) is 7.57. The maximum Gasteiger partial charge on any atom is 0.226 e. The number of oxazole rings is 1. The third kappa shape index (κ3) is 3.88. The van der Waals surface area contributed by atoms with Crippen molar-refractivity contribution in [3.63, 3.8) is 0 Å². The van der Waals surface area contributed by atoms with Gasteiger partial charge in [-0.1, -0.05) is 48.5 Å². The maximum atomic E-state index is 12.2. The van der Waals surface area contributed by atoms with E-state index in [1.165, 1.54) is 6.26 Å². The van der Waals surface area contributed by atoms with E-state index >= 15 is 0 Å². The first-order chi connectivity index (χ1) is 11.8. The summed E-state index contributed by atoms with van der Waals surface area (Å²) in [6, 6.07) is 18.4. The van der Waals surface area contributed by atoms with E-state index in [1.807, 2.05) is 60.7 Å². The van der Waals surface area contributed by atoms with Crippen molar-refractivity contribution >= 4 is 5.91 Å². The van der Waals surface area contributed by atoms with Gasteiger partial charge in [-0.05, 0) is 17.7 Å². The molecule has 0 fully saturated rings. The zero-order chi connectivity index (χ0) is 16.8. The van der Waals surface area contributed by atoms with Gasteiger partial charge in [-0.15, -0.1) is 0 Å². The Bertz CT molecular complexity index is 785. The van der Waals surface area contributed by atoms with E-state index < -0.39 is 6.04 Å². The van der Waals surface area contributed by atoms with Crippen molar-refractivity contribution in [3.05, 3.63) is 78.2 Å². The average Bonchev–Trinajstić information content (AvgIpc) is 3.09. The maximum absolute atomic E-state index is 12.2. The highest BCUT2D eigenvalue weighted by molar-refractivity contribution is 5.78. The molecule has 1 unspecified atom stereocenters. The molecule has 2 N–H and O–H groups in total. The minimum Gasteiger partial charge on any atom is -0.444 e. The first-order valence-electron chi connectivity index (χ1n) is 7.71. The van der Waals surface area contributed by atoms with Crippen LogP contribution in [0.1, 0.15) is 17.3 Å². The Labute approximate surface area is 140 Å². The second-order valence-corrected chi connectivity index (χ2v) is 5.40. The monoisotopic (exact) mass is 322 g/mol. The molecule has 0 aliphatic carbocycles. The van der Waals surface area contributed by atoms with Crippen LogP contribution in [-0.2, 0) is 11.2 Å². The van der Waals surface area contributed by atoms with Crippen LogP contribution < -0.4 is 5.32 Å². The van der Waals surface area contributed by atoms with E-state index in [0.29, 0.717) is 11.6 Å². The molecule has 0 radical (unpaired) electrons. The molecule has 24 heavy (non-hydrogen) atoms. The van der Waals surface area contributed by atoms with Crippen molar-refractivity contribution < 1.29 is 14.3 Å². The molecule has 0 saturated heterocycles. The molecule has 1 aromatic heterocycles. The summed E-state index contributed by atoms with van der Waals surface area (Å²) in [7, 11) is 0. The van der Waals surface area contributed by atoms with Crippen LogP contribution in [0.15, 0.2) is 71.3 Å². The lowest BCUT2D eigenvalue weighted by atomic mass is 10.1. The van der Waals surface area contributed by atoms with Crippen molar-refractivity contribution in [1.29, 1.82) is 0 Å². The lowest BCUT2D eigenvalue weighted by molar-refractivity contribution is -0.121. The highest BCUT2D eigenvalue weighted by Gasteiger charge is 2.15. The second-order valence-electron chi connectivity index (χ2n) is 5.40. The molecule has 1 heterocycles. The van der Waals surface area contributed by atoms with Gasteiger partial charge >= 0.3 is 0 Å². The van der Waals surface area contributed by atoms with Crippen molar-refractivity contribution in [2.45, 2.75) is 12.5 Å². The van der Waals surface area contributed by atoms with Gasteiger partial charge in [0.2, 0.25) is 11.8 Å². The fourth-order valence-corrected chi connectivity index (χ4v) is 2.43. The number of aliphatic hydroxyl groups excluding tert-OH is 1. The Morgan fingerprint density at radius 2 is 1.75 bits per heavy atom. The number of amides is 1. The molecule has 2 aromatic carbocycles. The van der Waals surface area contributed by atoms with E-state index in [-0.39, 0.29) is 18.9 Å². The van der Waals surface area contributed by atoms with Gasteiger partial charge in [-0.2, -0.15) is 0 Å². The first kappa shape index (κ1) is 16.0. The first-order valence-corrected chi connectivity index (χ1v) is 7.71. The average molecular weight is 322 g/mol. The lowest BCUT2D eigenvalue weighted by Gasteiger charge is -2.16. The molecule has 1 atom stereocenters. The number of nitrogens with zero attached hydrogens (tertiary/aromatic N) is 1. The number of rotatable bonds is 6. The van der Waals surface area contributed by atoms with Gasteiger partial charge in [-0.25, -0.2) is 4.98 Å². The number of carbonyl (C=O) groups excluding carboxylic acids is 1.